The maximum absolute atomic E-state index is 2.57. The van der Waals surface area contributed by atoms with Crippen LogP contribution in [0.3, 0.4) is 0 Å². The van der Waals surface area contributed by atoms with Gasteiger partial charge in [-0.25, -0.2) is 0 Å². The van der Waals surface area contributed by atoms with Gasteiger partial charge in [0.1, 0.15) is 0 Å². The molecule has 0 amide bonds. The number of hydrogen-bond donors (Lipinski definition) is 0. The van der Waals surface area contributed by atoms with Gasteiger partial charge >= 0.3 is 0 Å². The van der Waals surface area contributed by atoms with Crippen molar-refractivity contribution in [3.05, 3.63) is 161 Å². The lowest BCUT2D eigenvalue weighted by molar-refractivity contribution is 0.848. The van der Waals surface area contributed by atoms with Gasteiger partial charge in [0.2, 0.25) is 0 Å². The quantitative estimate of drug-likeness (QED) is 0.144. The van der Waals surface area contributed by atoms with E-state index in [4.69, 9.17) is 0 Å². The van der Waals surface area contributed by atoms with Gasteiger partial charge in [-0.05, 0) is 82.1 Å². The molecule has 2 unspecified atom stereocenters. The van der Waals surface area contributed by atoms with Crippen LogP contribution in [0.5, 0.6) is 0 Å². The van der Waals surface area contributed by atoms with Gasteiger partial charge in [-0.15, -0.1) is 0 Å². The summed E-state index contributed by atoms with van der Waals surface area (Å²) in [6.07, 6.45) is 0. The zero-order valence-electron chi connectivity index (χ0n) is 33.0. The van der Waals surface area contributed by atoms with E-state index < -0.39 is 0 Å². The van der Waals surface area contributed by atoms with Crippen molar-refractivity contribution in [1.82, 2.24) is 0 Å². The molecule has 13 rings (SSSR count). The summed E-state index contributed by atoms with van der Waals surface area (Å²) in [5.74, 6) is 0.0667. The fourth-order valence-electron chi connectivity index (χ4n) is 12.2. The number of rotatable bonds is 0. The molecule has 0 N–H and O–H groups in total. The van der Waals surface area contributed by atoms with Crippen molar-refractivity contribution in [3.63, 3.8) is 0 Å². The van der Waals surface area contributed by atoms with Gasteiger partial charge < -0.3 is 29.4 Å². The zero-order chi connectivity index (χ0) is 38.2. The molecule has 0 radical (unpaired) electrons. The Kier molecular flexibility index (Phi) is 5.89. The highest BCUT2D eigenvalue weighted by Crippen LogP contribution is 2.66. The molecule has 6 aliphatic heterocycles. The highest BCUT2D eigenvalue weighted by Gasteiger charge is 2.52. The maximum atomic E-state index is 2.57. The van der Waals surface area contributed by atoms with E-state index in [1.165, 1.54) is 118 Å². The second-order valence-corrected chi connectivity index (χ2v) is 16.7. The minimum Gasteiger partial charge on any atom is -0.345 e. The van der Waals surface area contributed by atoms with Crippen LogP contribution >= 0.6 is 0 Å². The molecule has 0 fully saturated rings. The molecular formula is C50H41BN6. The fourth-order valence-corrected chi connectivity index (χ4v) is 12.2. The Morgan fingerprint density at radius 3 is 1.23 bits per heavy atom. The highest BCUT2D eigenvalue weighted by molar-refractivity contribution is 7.01. The number of para-hydroxylation sites is 3. The van der Waals surface area contributed by atoms with Crippen LogP contribution < -0.4 is 45.8 Å². The summed E-state index contributed by atoms with van der Waals surface area (Å²) in [5, 5.41) is 0. The third-order valence-corrected chi connectivity index (χ3v) is 14.4. The average molecular weight is 737 g/mol. The summed E-state index contributed by atoms with van der Waals surface area (Å²) in [4.78, 5) is 14.9. The molecule has 0 saturated carbocycles. The number of anilines is 12. The van der Waals surface area contributed by atoms with Crippen molar-refractivity contribution >= 4 is 91.3 Å². The van der Waals surface area contributed by atoms with Gasteiger partial charge in [0.15, 0.2) is 0 Å². The Balaban J connectivity index is 1.27. The van der Waals surface area contributed by atoms with Crippen LogP contribution in [0.1, 0.15) is 45.2 Å². The first kappa shape index (κ1) is 31.6. The van der Waals surface area contributed by atoms with Gasteiger partial charge in [0, 0.05) is 139 Å². The van der Waals surface area contributed by atoms with E-state index in [0.717, 1.165) is 0 Å². The van der Waals surface area contributed by atoms with E-state index in [1.54, 1.807) is 0 Å². The van der Waals surface area contributed by atoms with Crippen LogP contribution in [0.15, 0.2) is 127 Å². The Hall–Kier alpha value is -6.60. The van der Waals surface area contributed by atoms with Gasteiger partial charge in [-0.3, -0.25) is 0 Å². The Labute approximate surface area is 334 Å². The van der Waals surface area contributed by atoms with Gasteiger partial charge in [0.25, 0.3) is 6.71 Å². The van der Waals surface area contributed by atoms with Crippen molar-refractivity contribution in [1.29, 1.82) is 0 Å². The molecule has 7 aromatic carbocycles. The standard InChI is InChI=1S/C50H41BN6/c1-52-31-19-10-7-16-28(31)40-42-34(52)22-13-24-36(42)55(4)48-44-41-29-17-8-11-20-32(29)53(2)35-23-14-25-37(43(35)41)56(5)49(44)47-50(45(40)48)57(6)39-27-15-26-38-46(39)51(47)30-18-9-12-21-33(30)54(38)3/h7-27,40-41H,1-6H3. The third-order valence-electron chi connectivity index (χ3n) is 14.4. The molecule has 7 aromatic rings. The van der Waals surface area contributed by atoms with Crippen molar-refractivity contribution in [2.75, 3.05) is 71.7 Å². The molecular weight excluding hydrogens is 695 g/mol. The molecule has 7 heteroatoms. The number of fused-ring (bicyclic) bond motifs is 15. The zero-order valence-corrected chi connectivity index (χ0v) is 33.0. The van der Waals surface area contributed by atoms with Crippen LogP contribution in [0, 0.1) is 0 Å². The topological polar surface area (TPSA) is 19.4 Å². The molecule has 0 bridgehead atoms. The second kappa shape index (κ2) is 10.6. The van der Waals surface area contributed by atoms with Crippen molar-refractivity contribution in [2.45, 2.75) is 11.8 Å². The predicted molar refractivity (Wildman–Crippen MR) is 240 cm³/mol. The second-order valence-electron chi connectivity index (χ2n) is 16.7. The molecule has 6 aliphatic rings. The lowest BCUT2D eigenvalue weighted by Gasteiger charge is -2.52. The van der Waals surface area contributed by atoms with Crippen LogP contribution in [-0.4, -0.2) is 49.0 Å². The normalized spacial score (nSPS) is 18.1. The summed E-state index contributed by atoms with van der Waals surface area (Å²) < 4.78 is 0. The van der Waals surface area contributed by atoms with Crippen molar-refractivity contribution in [3.8, 4) is 0 Å². The summed E-state index contributed by atoms with van der Waals surface area (Å²) in [6, 6.07) is 48.3. The molecule has 57 heavy (non-hydrogen) atoms. The van der Waals surface area contributed by atoms with Crippen LogP contribution in [-0.2, 0) is 0 Å². The lowest BCUT2D eigenvalue weighted by atomic mass is 9.32. The van der Waals surface area contributed by atoms with Gasteiger partial charge in [-0.1, -0.05) is 72.8 Å². The summed E-state index contributed by atoms with van der Waals surface area (Å²) in [6.45, 7) is 0.0333. The third kappa shape index (κ3) is 3.57. The first-order valence-corrected chi connectivity index (χ1v) is 20.2. The molecule has 0 spiro atoms. The van der Waals surface area contributed by atoms with E-state index in [1.807, 2.05) is 0 Å². The predicted octanol–water partition coefficient (Wildman–Crippen LogP) is 9.05. The lowest BCUT2D eigenvalue weighted by Crippen LogP contribution is -2.63. The summed E-state index contributed by atoms with van der Waals surface area (Å²) >= 11 is 0. The van der Waals surface area contributed by atoms with E-state index in [0.29, 0.717) is 0 Å². The van der Waals surface area contributed by atoms with E-state index >= 15 is 0 Å². The highest BCUT2D eigenvalue weighted by atomic mass is 15.2. The van der Waals surface area contributed by atoms with Crippen molar-refractivity contribution < 1.29 is 0 Å². The first-order valence-electron chi connectivity index (χ1n) is 20.2. The van der Waals surface area contributed by atoms with E-state index in [9.17, 15) is 0 Å². The molecule has 2 atom stereocenters. The summed E-state index contributed by atoms with van der Waals surface area (Å²) in [7, 11) is 13.7. The number of nitrogens with zero attached hydrogens (tertiary/aromatic N) is 6. The minimum absolute atomic E-state index is 0.0333. The van der Waals surface area contributed by atoms with E-state index in [-0.39, 0.29) is 18.5 Å². The SMILES string of the molecule is CN1c2ccccc2B2c3c1cccc3N(C)c1c2c2c(c3c1C1c4ccccc4N(C)c4cccc(c41)N3C)C1c3ccccc3N(C)c3cccc(c31)N2C. The monoisotopic (exact) mass is 736 g/mol. The van der Waals surface area contributed by atoms with Crippen molar-refractivity contribution in [2.24, 2.45) is 0 Å². The summed E-state index contributed by atoms with van der Waals surface area (Å²) in [5.41, 5.74) is 28.0. The van der Waals surface area contributed by atoms with Gasteiger partial charge in [-0.2, -0.15) is 0 Å². The number of hydrogen-bond acceptors (Lipinski definition) is 6. The largest absolute Gasteiger partial charge is 0.345 e. The molecule has 6 nitrogen and oxygen atoms in total. The Morgan fingerprint density at radius 2 is 0.684 bits per heavy atom. The molecule has 0 aromatic heterocycles. The number of benzene rings is 7. The average Bonchev–Trinajstić information content (AvgIpc) is 3.25. The fraction of sp³-hybridized carbons (Fsp3) is 0.160. The minimum atomic E-state index is 0.0333. The smallest absolute Gasteiger partial charge is 0.254 e. The first-order chi connectivity index (χ1) is 27.9. The molecule has 274 valence electrons. The van der Waals surface area contributed by atoms with Crippen LogP contribution in [0.2, 0.25) is 0 Å². The van der Waals surface area contributed by atoms with Crippen LogP contribution in [0.4, 0.5) is 68.2 Å². The molecule has 0 saturated heterocycles. The van der Waals surface area contributed by atoms with E-state index in [2.05, 4.69) is 199 Å². The molecule has 0 aliphatic carbocycles. The van der Waals surface area contributed by atoms with Gasteiger partial charge in [0.05, 0.1) is 5.69 Å². The Morgan fingerprint density at radius 1 is 0.316 bits per heavy atom. The maximum Gasteiger partial charge on any atom is 0.254 e. The molecule has 6 heterocycles. The Bertz CT molecular complexity index is 2630. The van der Waals surface area contributed by atoms with Crippen LogP contribution in [0.25, 0.3) is 0 Å².